The first-order valence-electron chi connectivity index (χ1n) is 6.16. The minimum atomic E-state index is 0.474. The summed E-state index contributed by atoms with van der Waals surface area (Å²) in [5.41, 5.74) is 1.23. The van der Waals surface area contributed by atoms with E-state index >= 15 is 0 Å². The standard InChI is InChI=1S/C15H18ClNS/c1-11(8-15-7-6-12(2)18-15)17-10-13-4-3-5-14(16)9-13/h3-7,9,11,17H,8,10H2,1-2H3. The predicted molar refractivity (Wildman–Crippen MR) is 80.5 cm³/mol. The Bertz CT molecular complexity index is 507. The van der Waals surface area contributed by atoms with Crippen molar-refractivity contribution in [3.8, 4) is 0 Å². The molecule has 1 heterocycles. The summed E-state index contributed by atoms with van der Waals surface area (Å²) in [4.78, 5) is 2.82. The van der Waals surface area contributed by atoms with E-state index in [4.69, 9.17) is 11.6 Å². The number of rotatable bonds is 5. The Morgan fingerprint density at radius 1 is 1.28 bits per heavy atom. The summed E-state index contributed by atoms with van der Waals surface area (Å²) in [6, 6.07) is 12.9. The van der Waals surface area contributed by atoms with Gasteiger partial charge >= 0.3 is 0 Å². The van der Waals surface area contributed by atoms with Crippen LogP contribution < -0.4 is 5.32 Å². The summed E-state index contributed by atoms with van der Waals surface area (Å²) in [6.07, 6.45) is 1.08. The predicted octanol–water partition coefficient (Wildman–Crippen LogP) is 4.43. The van der Waals surface area contributed by atoms with Gasteiger partial charge in [0, 0.05) is 27.4 Å². The average Bonchev–Trinajstić information content (AvgIpc) is 2.72. The number of aryl methyl sites for hydroxylation is 1. The highest BCUT2D eigenvalue weighted by atomic mass is 35.5. The number of benzene rings is 1. The van der Waals surface area contributed by atoms with E-state index in [9.17, 15) is 0 Å². The minimum Gasteiger partial charge on any atom is -0.310 e. The third kappa shape index (κ3) is 4.13. The van der Waals surface area contributed by atoms with Crippen LogP contribution in [0.25, 0.3) is 0 Å². The molecule has 0 amide bonds. The quantitative estimate of drug-likeness (QED) is 0.854. The van der Waals surface area contributed by atoms with E-state index in [0.29, 0.717) is 6.04 Å². The molecule has 0 aliphatic heterocycles. The van der Waals surface area contributed by atoms with Crippen molar-refractivity contribution >= 4 is 22.9 Å². The lowest BCUT2D eigenvalue weighted by atomic mass is 10.1. The van der Waals surface area contributed by atoms with Crippen LogP contribution in [-0.2, 0) is 13.0 Å². The van der Waals surface area contributed by atoms with Gasteiger partial charge in [-0.1, -0.05) is 23.7 Å². The van der Waals surface area contributed by atoms with Crippen LogP contribution in [0.1, 0.15) is 22.2 Å². The maximum Gasteiger partial charge on any atom is 0.0409 e. The summed E-state index contributed by atoms with van der Waals surface area (Å²) in [5.74, 6) is 0. The van der Waals surface area contributed by atoms with Crippen LogP contribution in [0.3, 0.4) is 0 Å². The van der Waals surface area contributed by atoms with Gasteiger partial charge in [0.05, 0.1) is 0 Å². The first-order chi connectivity index (χ1) is 8.63. The van der Waals surface area contributed by atoms with Crippen molar-refractivity contribution < 1.29 is 0 Å². The number of thiophene rings is 1. The van der Waals surface area contributed by atoms with Crippen molar-refractivity contribution in [1.82, 2.24) is 5.32 Å². The second-order valence-electron chi connectivity index (χ2n) is 4.63. The average molecular weight is 280 g/mol. The van der Waals surface area contributed by atoms with Gasteiger partial charge in [0.25, 0.3) is 0 Å². The molecule has 0 aliphatic rings. The molecule has 1 unspecified atom stereocenters. The minimum absolute atomic E-state index is 0.474. The van der Waals surface area contributed by atoms with Crippen molar-refractivity contribution in [2.45, 2.75) is 32.9 Å². The van der Waals surface area contributed by atoms with E-state index in [-0.39, 0.29) is 0 Å². The third-order valence-electron chi connectivity index (χ3n) is 2.85. The highest BCUT2D eigenvalue weighted by Crippen LogP contribution is 2.17. The number of hydrogen-bond donors (Lipinski definition) is 1. The van der Waals surface area contributed by atoms with Crippen molar-refractivity contribution in [1.29, 1.82) is 0 Å². The van der Waals surface area contributed by atoms with Gasteiger partial charge in [-0.3, -0.25) is 0 Å². The zero-order valence-corrected chi connectivity index (χ0v) is 12.3. The van der Waals surface area contributed by atoms with Gasteiger partial charge in [-0.05, 0) is 50.1 Å². The molecule has 3 heteroatoms. The van der Waals surface area contributed by atoms with Gasteiger partial charge in [-0.15, -0.1) is 11.3 Å². The topological polar surface area (TPSA) is 12.0 Å². The molecule has 1 aromatic heterocycles. The van der Waals surface area contributed by atoms with Gasteiger partial charge in [0.2, 0.25) is 0 Å². The molecule has 2 rings (SSSR count). The van der Waals surface area contributed by atoms with Crippen molar-refractivity contribution in [2.75, 3.05) is 0 Å². The van der Waals surface area contributed by atoms with Crippen LogP contribution in [0.5, 0.6) is 0 Å². The number of halogens is 1. The van der Waals surface area contributed by atoms with Crippen LogP contribution >= 0.6 is 22.9 Å². The number of nitrogens with one attached hydrogen (secondary N) is 1. The Kier molecular flexibility index (Phi) is 4.81. The molecule has 1 atom stereocenters. The molecule has 0 fully saturated rings. The molecule has 2 aromatic rings. The van der Waals surface area contributed by atoms with Crippen LogP contribution in [0.15, 0.2) is 36.4 Å². The fraction of sp³-hybridized carbons (Fsp3) is 0.333. The summed E-state index contributed by atoms with van der Waals surface area (Å²) in [6.45, 7) is 5.24. The summed E-state index contributed by atoms with van der Waals surface area (Å²) in [7, 11) is 0. The maximum atomic E-state index is 5.97. The molecule has 0 radical (unpaired) electrons. The highest BCUT2D eigenvalue weighted by molar-refractivity contribution is 7.11. The Morgan fingerprint density at radius 3 is 2.78 bits per heavy atom. The lowest BCUT2D eigenvalue weighted by Gasteiger charge is -2.13. The first-order valence-corrected chi connectivity index (χ1v) is 7.36. The van der Waals surface area contributed by atoms with Gasteiger partial charge in [-0.2, -0.15) is 0 Å². The van der Waals surface area contributed by atoms with Crippen LogP contribution in [0.4, 0.5) is 0 Å². The smallest absolute Gasteiger partial charge is 0.0409 e. The van der Waals surface area contributed by atoms with Gasteiger partial charge in [0.1, 0.15) is 0 Å². The largest absolute Gasteiger partial charge is 0.310 e. The Morgan fingerprint density at radius 2 is 2.11 bits per heavy atom. The van der Waals surface area contributed by atoms with E-state index in [1.807, 2.05) is 29.5 Å². The Balaban J connectivity index is 1.83. The molecule has 1 nitrogen and oxygen atoms in total. The zero-order chi connectivity index (χ0) is 13.0. The lowest BCUT2D eigenvalue weighted by Crippen LogP contribution is -2.27. The Labute approximate surface area is 118 Å². The fourth-order valence-corrected chi connectivity index (χ4v) is 3.14. The van der Waals surface area contributed by atoms with Crippen molar-refractivity contribution in [3.05, 3.63) is 56.7 Å². The summed E-state index contributed by atoms with van der Waals surface area (Å²) < 4.78 is 0. The van der Waals surface area contributed by atoms with Crippen molar-refractivity contribution in [3.63, 3.8) is 0 Å². The second kappa shape index (κ2) is 6.37. The molecular weight excluding hydrogens is 262 g/mol. The molecule has 0 saturated heterocycles. The van der Waals surface area contributed by atoms with Crippen LogP contribution in [0, 0.1) is 6.92 Å². The molecular formula is C15H18ClNS. The molecule has 0 bridgehead atoms. The highest BCUT2D eigenvalue weighted by Gasteiger charge is 2.05. The molecule has 96 valence electrons. The van der Waals surface area contributed by atoms with E-state index in [1.54, 1.807) is 0 Å². The normalized spacial score (nSPS) is 12.6. The van der Waals surface area contributed by atoms with Crippen LogP contribution in [-0.4, -0.2) is 6.04 Å². The van der Waals surface area contributed by atoms with Gasteiger partial charge in [0.15, 0.2) is 0 Å². The van der Waals surface area contributed by atoms with E-state index < -0.39 is 0 Å². The molecule has 1 aromatic carbocycles. The second-order valence-corrected chi connectivity index (χ2v) is 6.44. The lowest BCUT2D eigenvalue weighted by molar-refractivity contribution is 0.548. The monoisotopic (exact) mass is 279 g/mol. The van der Waals surface area contributed by atoms with E-state index in [2.05, 4.69) is 37.4 Å². The van der Waals surface area contributed by atoms with E-state index in [1.165, 1.54) is 15.3 Å². The van der Waals surface area contributed by atoms with Crippen molar-refractivity contribution in [2.24, 2.45) is 0 Å². The SMILES string of the molecule is Cc1ccc(CC(C)NCc2cccc(Cl)c2)s1. The first kappa shape index (κ1) is 13.6. The fourth-order valence-electron chi connectivity index (χ4n) is 1.91. The van der Waals surface area contributed by atoms with Crippen LogP contribution in [0.2, 0.25) is 5.02 Å². The molecule has 1 N–H and O–H groups in total. The molecule has 0 saturated carbocycles. The van der Waals surface area contributed by atoms with E-state index in [0.717, 1.165) is 18.0 Å². The molecule has 0 spiro atoms. The third-order valence-corrected chi connectivity index (χ3v) is 4.11. The maximum absolute atomic E-state index is 5.97. The molecule has 18 heavy (non-hydrogen) atoms. The molecule has 0 aliphatic carbocycles. The summed E-state index contributed by atoms with van der Waals surface area (Å²) in [5, 5.41) is 4.33. The van der Waals surface area contributed by atoms with Gasteiger partial charge in [-0.25, -0.2) is 0 Å². The Hall–Kier alpha value is -0.830. The zero-order valence-electron chi connectivity index (χ0n) is 10.7. The van der Waals surface area contributed by atoms with Gasteiger partial charge < -0.3 is 5.32 Å². The summed E-state index contributed by atoms with van der Waals surface area (Å²) >= 11 is 7.85. The number of hydrogen-bond acceptors (Lipinski definition) is 2.